The van der Waals surface area contributed by atoms with Crippen LogP contribution in [0.15, 0.2) is 17.0 Å². The van der Waals surface area contributed by atoms with Crippen molar-refractivity contribution < 1.29 is 27.8 Å². The average molecular weight is 315 g/mol. The summed E-state index contributed by atoms with van der Waals surface area (Å²) in [5, 5.41) is 8.80. The first-order valence-corrected chi connectivity index (χ1v) is 6.59. The van der Waals surface area contributed by atoms with Gasteiger partial charge in [0.05, 0.1) is 17.2 Å². The van der Waals surface area contributed by atoms with E-state index >= 15 is 0 Å². The van der Waals surface area contributed by atoms with Crippen molar-refractivity contribution >= 4 is 29.3 Å². The van der Waals surface area contributed by atoms with E-state index in [2.05, 4.69) is 4.74 Å². The molecule has 0 fully saturated rings. The van der Waals surface area contributed by atoms with Crippen LogP contribution >= 0.6 is 23.4 Å². The first kappa shape index (κ1) is 16.1. The van der Waals surface area contributed by atoms with E-state index in [0.717, 1.165) is 0 Å². The molecule has 0 saturated carbocycles. The molecule has 0 aromatic heterocycles. The van der Waals surface area contributed by atoms with Crippen molar-refractivity contribution in [2.75, 3.05) is 12.9 Å². The van der Waals surface area contributed by atoms with Gasteiger partial charge in [0.1, 0.15) is 6.61 Å². The first-order chi connectivity index (χ1) is 8.76. The van der Waals surface area contributed by atoms with Gasteiger partial charge in [0.2, 0.25) is 0 Å². The lowest BCUT2D eigenvalue weighted by Gasteiger charge is -2.13. The molecule has 0 heterocycles. The lowest BCUT2D eigenvalue weighted by atomic mass is 10.1. The monoisotopic (exact) mass is 314 g/mol. The molecule has 1 aromatic rings. The average Bonchev–Trinajstić information content (AvgIpc) is 2.28. The van der Waals surface area contributed by atoms with Crippen LogP contribution in [0.4, 0.5) is 13.2 Å². The number of alkyl halides is 3. The number of thioether (sulfide) groups is 1. The van der Waals surface area contributed by atoms with Gasteiger partial charge in [-0.3, -0.25) is 0 Å². The number of ether oxygens (including phenoxy) is 1. The van der Waals surface area contributed by atoms with Gasteiger partial charge in [0.15, 0.2) is 0 Å². The molecule has 0 spiro atoms. The van der Waals surface area contributed by atoms with E-state index in [4.69, 9.17) is 16.7 Å². The highest BCUT2D eigenvalue weighted by Gasteiger charge is 2.28. The zero-order chi connectivity index (χ0) is 14.6. The summed E-state index contributed by atoms with van der Waals surface area (Å²) < 4.78 is 40.5. The molecule has 0 aliphatic rings. The molecule has 0 radical (unpaired) electrons. The maximum Gasteiger partial charge on any atom is 0.411 e. The summed E-state index contributed by atoms with van der Waals surface area (Å²) in [7, 11) is 0. The molecule has 0 unspecified atom stereocenters. The fourth-order valence-electron chi connectivity index (χ4n) is 1.36. The molecule has 106 valence electrons. The van der Waals surface area contributed by atoms with Crippen LogP contribution in [0.2, 0.25) is 5.02 Å². The van der Waals surface area contributed by atoms with Crippen LogP contribution in [0.1, 0.15) is 15.9 Å². The fourth-order valence-corrected chi connectivity index (χ4v) is 2.33. The molecule has 0 saturated heterocycles. The number of carboxylic acid groups (broad SMARTS) is 1. The molecule has 1 N–H and O–H groups in total. The molecule has 1 rings (SSSR count). The van der Waals surface area contributed by atoms with Crippen molar-refractivity contribution in [1.82, 2.24) is 0 Å². The molecule has 0 aliphatic carbocycles. The summed E-state index contributed by atoms with van der Waals surface area (Å²) >= 11 is 7.13. The zero-order valence-electron chi connectivity index (χ0n) is 9.75. The minimum Gasteiger partial charge on any atom is -0.478 e. The van der Waals surface area contributed by atoms with E-state index in [1.54, 1.807) is 6.26 Å². The SMILES string of the molecule is CSc1ccc(C(=O)O)c(Cl)c1COCC(F)(F)F. The van der Waals surface area contributed by atoms with Gasteiger partial charge >= 0.3 is 12.1 Å². The maximum absolute atomic E-state index is 12.0. The number of halogens is 4. The van der Waals surface area contributed by atoms with Gasteiger partial charge in [0.25, 0.3) is 0 Å². The number of benzene rings is 1. The van der Waals surface area contributed by atoms with Gasteiger partial charge in [-0.1, -0.05) is 11.6 Å². The van der Waals surface area contributed by atoms with Gasteiger partial charge < -0.3 is 9.84 Å². The minimum atomic E-state index is -4.43. The fraction of sp³-hybridized carbons (Fsp3) is 0.364. The van der Waals surface area contributed by atoms with Gasteiger partial charge in [0, 0.05) is 10.5 Å². The Balaban J connectivity index is 2.97. The van der Waals surface area contributed by atoms with Crippen LogP contribution in [0, 0.1) is 0 Å². The van der Waals surface area contributed by atoms with Crippen LogP contribution in [-0.2, 0) is 11.3 Å². The van der Waals surface area contributed by atoms with Crippen molar-refractivity contribution in [3.63, 3.8) is 0 Å². The predicted molar refractivity (Wildman–Crippen MR) is 65.9 cm³/mol. The number of aromatic carboxylic acids is 1. The van der Waals surface area contributed by atoms with Gasteiger partial charge in [-0.05, 0) is 18.4 Å². The van der Waals surface area contributed by atoms with E-state index in [9.17, 15) is 18.0 Å². The summed E-state index contributed by atoms with van der Waals surface area (Å²) in [6.45, 7) is -1.80. The Morgan fingerprint density at radius 3 is 2.58 bits per heavy atom. The van der Waals surface area contributed by atoms with Crippen LogP contribution < -0.4 is 0 Å². The first-order valence-electron chi connectivity index (χ1n) is 4.99. The lowest BCUT2D eigenvalue weighted by molar-refractivity contribution is -0.176. The molecule has 0 atom stereocenters. The summed E-state index contributed by atoms with van der Waals surface area (Å²) in [6.07, 6.45) is -2.73. The highest BCUT2D eigenvalue weighted by Crippen LogP contribution is 2.31. The molecule has 3 nitrogen and oxygen atoms in total. The van der Waals surface area contributed by atoms with E-state index in [1.165, 1.54) is 23.9 Å². The predicted octanol–water partition coefficient (Wildman–Crippen LogP) is 3.84. The van der Waals surface area contributed by atoms with Crippen LogP contribution in [0.25, 0.3) is 0 Å². The van der Waals surface area contributed by atoms with Crippen molar-refractivity contribution in [1.29, 1.82) is 0 Å². The van der Waals surface area contributed by atoms with Gasteiger partial charge in [-0.2, -0.15) is 13.2 Å². The Hall–Kier alpha value is -0.920. The van der Waals surface area contributed by atoms with E-state index in [0.29, 0.717) is 4.90 Å². The van der Waals surface area contributed by atoms with Crippen molar-refractivity contribution in [3.8, 4) is 0 Å². The normalized spacial score (nSPS) is 11.6. The lowest BCUT2D eigenvalue weighted by Crippen LogP contribution is -2.17. The summed E-state index contributed by atoms with van der Waals surface area (Å²) in [6, 6.07) is 2.80. The number of rotatable bonds is 5. The molecule has 0 aliphatic heterocycles. The Morgan fingerprint density at radius 1 is 1.47 bits per heavy atom. The zero-order valence-corrected chi connectivity index (χ0v) is 11.3. The smallest absolute Gasteiger partial charge is 0.411 e. The quantitative estimate of drug-likeness (QED) is 0.839. The largest absolute Gasteiger partial charge is 0.478 e. The van der Waals surface area contributed by atoms with Crippen LogP contribution in [0.3, 0.4) is 0 Å². The van der Waals surface area contributed by atoms with Crippen molar-refractivity contribution in [2.45, 2.75) is 17.7 Å². The third-order valence-electron chi connectivity index (χ3n) is 2.16. The van der Waals surface area contributed by atoms with Crippen molar-refractivity contribution in [3.05, 3.63) is 28.3 Å². The summed E-state index contributed by atoms with van der Waals surface area (Å²) in [4.78, 5) is 11.5. The number of carbonyl (C=O) groups is 1. The Kier molecular flexibility index (Phi) is 5.51. The summed E-state index contributed by atoms with van der Waals surface area (Å²) in [5.74, 6) is -1.24. The molecular weight excluding hydrogens is 305 g/mol. The molecule has 19 heavy (non-hydrogen) atoms. The number of carboxylic acids is 1. The number of hydrogen-bond acceptors (Lipinski definition) is 3. The highest BCUT2D eigenvalue weighted by molar-refractivity contribution is 7.98. The van der Waals surface area contributed by atoms with Gasteiger partial charge in [-0.25, -0.2) is 4.79 Å². The van der Waals surface area contributed by atoms with Crippen molar-refractivity contribution in [2.24, 2.45) is 0 Å². The Labute approximate surface area is 116 Å². The second kappa shape index (κ2) is 6.49. The molecule has 0 bridgehead atoms. The van der Waals surface area contributed by atoms with E-state index in [-0.39, 0.29) is 16.1 Å². The molecule has 8 heteroatoms. The second-order valence-electron chi connectivity index (χ2n) is 3.52. The minimum absolute atomic E-state index is 0.0958. The highest BCUT2D eigenvalue weighted by atomic mass is 35.5. The Bertz CT molecular complexity index is 477. The third kappa shape index (κ3) is 4.59. The topological polar surface area (TPSA) is 46.5 Å². The summed E-state index contributed by atoms with van der Waals surface area (Å²) in [5.41, 5.74) is 0.0865. The van der Waals surface area contributed by atoms with E-state index < -0.39 is 25.4 Å². The molecule has 0 amide bonds. The van der Waals surface area contributed by atoms with Crippen LogP contribution in [-0.4, -0.2) is 30.1 Å². The van der Waals surface area contributed by atoms with E-state index in [1.807, 2.05) is 0 Å². The third-order valence-corrected chi connectivity index (χ3v) is 3.42. The molecular formula is C11H10ClF3O3S. The number of hydrogen-bond donors (Lipinski definition) is 1. The Morgan fingerprint density at radius 2 is 2.11 bits per heavy atom. The molecule has 1 aromatic carbocycles. The van der Waals surface area contributed by atoms with Crippen LogP contribution in [0.5, 0.6) is 0 Å². The second-order valence-corrected chi connectivity index (χ2v) is 4.75. The maximum atomic E-state index is 12.0. The standard InChI is InChI=1S/C11H10ClF3O3S/c1-19-8-3-2-6(10(16)17)9(12)7(8)4-18-5-11(13,14)15/h2-3H,4-5H2,1H3,(H,16,17). The van der Waals surface area contributed by atoms with Gasteiger partial charge in [-0.15, -0.1) is 11.8 Å².